The molecule has 0 fully saturated rings. The van der Waals surface area contributed by atoms with Crippen LogP contribution in [-0.4, -0.2) is 47.3 Å². The summed E-state index contributed by atoms with van der Waals surface area (Å²) in [6.45, 7) is 7.73. The molecule has 0 heterocycles. The van der Waals surface area contributed by atoms with Crippen molar-refractivity contribution < 1.29 is 29.3 Å². The third-order valence-corrected chi connectivity index (χ3v) is 3.59. The van der Waals surface area contributed by atoms with Gasteiger partial charge in [0.25, 0.3) is 0 Å². The number of carboxylic acid groups (broad SMARTS) is 1. The Balaban J connectivity index is 2.45. The quantitative estimate of drug-likeness (QED) is 0.508. The third kappa shape index (κ3) is 8.92. The average molecular weight is 376 g/mol. The van der Waals surface area contributed by atoms with Crippen molar-refractivity contribution in [2.45, 2.75) is 45.3 Å². The molecule has 7 nitrogen and oxygen atoms in total. The zero-order valence-electron chi connectivity index (χ0n) is 15.0. The predicted octanol–water partition coefficient (Wildman–Crippen LogP) is 3.59. The summed E-state index contributed by atoms with van der Waals surface area (Å²) >= 11 is 5.95. The summed E-state index contributed by atoms with van der Waals surface area (Å²) in [6.07, 6.45) is 0.541. The van der Waals surface area contributed by atoms with E-state index in [9.17, 15) is 4.79 Å². The van der Waals surface area contributed by atoms with Crippen molar-refractivity contribution in [2.75, 3.05) is 25.3 Å². The molecule has 0 aliphatic rings. The highest BCUT2D eigenvalue weighted by Gasteiger charge is 2.24. The van der Waals surface area contributed by atoms with Gasteiger partial charge in [-0.3, -0.25) is 10.7 Å². The van der Waals surface area contributed by atoms with Crippen molar-refractivity contribution in [2.24, 2.45) is 0 Å². The van der Waals surface area contributed by atoms with E-state index in [4.69, 9.17) is 36.1 Å². The predicted molar refractivity (Wildman–Crippen MR) is 94.7 cm³/mol. The molecule has 0 aliphatic carbocycles. The molecule has 0 spiro atoms. The first kappa shape index (κ1) is 21.5. The number of carboxylic acids is 1. The second-order valence-corrected chi connectivity index (χ2v) is 7.31. The van der Waals surface area contributed by atoms with E-state index in [1.54, 1.807) is 18.2 Å². The van der Waals surface area contributed by atoms with Crippen molar-refractivity contribution >= 4 is 23.3 Å². The van der Waals surface area contributed by atoms with Crippen LogP contribution in [0.2, 0.25) is 5.02 Å². The molecule has 0 aromatic heterocycles. The second kappa shape index (κ2) is 9.24. The fourth-order valence-corrected chi connectivity index (χ4v) is 2.14. The highest BCUT2D eigenvalue weighted by molar-refractivity contribution is 6.31. The molecule has 8 heteroatoms. The van der Waals surface area contributed by atoms with Crippen LogP contribution in [0.5, 0.6) is 5.75 Å². The van der Waals surface area contributed by atoms with Crippen LogP contribution < -0.4 is 10.2 Å². The lowest BCUT2D eigenvalue weighted by Gasteiger charge is -2.29. The van der Waals surface area contributed by atoms with Crippen molar-refractivity contribution in [3.63, 3.8) is 0 Å². The summed E-state index contributed by atoms with van der Waals surface area (Å²) in [5, 5.41) is 18.0. The minimum Gasteiger partial charge on any atom is -0.490 e. The Morgan fingerprint density at radius 1 is 1.16 bits per heavy atom. The van der Waals surface area contributed by atoms with Crippen LogP contribution in [0.25, 0.3) is 0 Å². The largest absolute Gasteiger partial charge is 0.490 e. The van der Waals surface area contributed by atoms with E-state index in [1.807, 2.05) is 33.2 Å². The van der Waals surface area contributed by atoms with Gasteiger partial charge in [-0.1, -0.05) is 11.6 Å². The molecule has 25 heavy (non-hydrogen) atoms. The normalized spacial score (nSPS) is 12.1. The van der Waals surface area contributed by atoms with Crippen LogP contribution in [0.4, 0.5) is 5.69 Å². The van der Waals surface area contributed by atoms with Crippen LogP contribution in [-0.2, 0) is 14.3 Å². The maximum atomic E-state index is 10.6. The number of rotatable bonds is 11. The van der Waals surface area contributed by atoms with Crippen molar-refractivity contribution in [1.29, 1.82) is 0 Å². The highest BCUT2D eigenvalue weighted by atomic mass is 35.5. The van der Waals surface area contributed by atoms with Crippen LogP contribution in [0, 0.1) is 0 Å². The topological polar surface area (TPSA) is 97.3 Å². The number of carbonyl (C=O) groups is 1. The Bertz CT molecular complexity index is 576. The van der Waals surface area contributed by atoms with E-state index in [2.05, 4.69) is 0 Å². The molecule has 1 aromatic rings. The molecule has 0 unspecified atom stereocenters. The first-order chi connectivity index (χ1) is 11.5. The molecule has 0 amide bonds. The zero-order valence-corrected chi connectivity index (χ0v) is 15.7. The van der Waals surface area contributed by atoms with Gasteiger partial charge in [0, 0.05) is 11.1 Å². The van der Waals surface area contributed by atoms with Gasteiger partial charge in [-0.15, -0.1) is 0 Å². The monoisotopic (exact) mass is 375 g/mol. The van der Waals surface area contributed by atoms with Crippen molar-refractivity contribution in [3.8, 4) is 5.75 Å². The summed E-state index contributed by atoms with van der Waals surface area (Å²) in [5.41, 5.74) is 1.29. The Morgan fingerprint density at radius 2 is 1.84 bits per heavy atom. The van der Waals surface area contributed by atoms with Crippen LogP contribution >= 0.6 is 11.6 Å². The summed E-state index contributed by atoms with van der Waals surface area (Å²) in [6, 6.07) is 4.82. The van der Waals surface area contributed by atoms with E-state index in [-0.39, 0.29) is 13.2 Å². The molecule has 0 saturated carbocycles. The number of nitrogens with one attached hydrogen (secondary N) is 1. The standard InChI is InChI=1S/C17H26ClNO6/c1-16(2,25-10-15(20)21)5-6-24-17(3,4)11-23-14-8-12(18)7-13(9-14)19-22/h7-9,19,22H,5-6,10-11H2,1-4H3,(H,20,21). The van der Waals surface area contributed by atoms with Gasteiger partial charge in [-0.25, -0.2) is 4.79 Å². The van der Waals surface area contributed by atoms with Gasteiger partial charge in [0.05, 0.1) is 23.5 Å². The first-order valence-electron chi connectivity index (χ1n) is 7.86. The van der Waals surface area contributed by atoms with Gasteiger partial charge in [-0.05, 0) is 46.2 Å². The lowest BCUT2D eigenvalue weighted by molar-refractivity contribution is -0.150. The maximum absolute atomic E-state index is 10.6. The van der Waals surface area contributed by atoms with Crippen LogP contribution in [0.1, 0.15) is 34.1 Å². The van der Waals surface area contributed by atoms with E-state index in [0.29, 0.717) is 29.5 Å². The third-order valence-electron chi connectivity index (χ3n) is 3.37. The van der Waals surface area contributed by atoms with Gasteiger partial charge < -0.3 is 19.3 Å². The summed E-state index contributed by atoms with van der Waals surface area (Å²) in [7, 11) is 0. The number of anilines is 1. The van der Waals surface area contributed by atoms with Gasteiger partial charge in [-0.2, -0.15) is 0 Å². The second-order valence-electron chi connectivity index (χ2n) is 6.88. The molecule has 0 saturated heterocycles. The van der Waals surface area contributed by atoms with E-state index >= 15 is 0 Å². The molecular formula is C17H26ClNO6. The van der Waals surface area contributed by atoms with Crippen molar-refractivity contribution in [1.82, 2.24) is 0 Å². The van der Waals surface area contributed by atoms with Gasteiger partial charge in [0.15, 0.2) is 0 Å². The lowest BCUT2D eigenvalue weighted by atomic mass is 10.1. The molecule has 1 rings (SSSR count). The van der Waals surface area contributed by atoms with E-state index < -0.39 is 17.2 Å². The van der Waals surface area contributed by atoms with Gasteiger partial charge >= 0.3 is 5.97 Å². The number of hydrogen-bond donors (Lipinski definition) is 3. The Morgan fingerprint density at radius 3 is 2.44 bits per heavy atom. The average Bonchev–Trinajstić information content (AvgIpc) is 2.50. The SMILES string of the molecule is CC(C)(CCOC(C)(C)COc1cc(Cl)cc(NO)c1)OCC(=O)O. The molecule has 0 aliphatic heterocycles. The number of aliphatic carboxylic acids is 1. The molecular weight excluding hydrogens is 350 g/mol. The van der Waals surface area contributed by atoms with E-state index in [0.717, 1.165) is 0 Å². The molecule has 3 N–H and O–H groups in total. The van der Waals surface area contributed by atoms with E-state index in [1.165, 1.54) is 0 Å². The minimum absolute atomic E-state index is 0.272. The number of halogens is 1. The highest BCUT2D eigenvalue weighted by Crippen LogP contribution is 2.25. The molecule has 0 radical (unpaired) electrons. The zero-order chi connectivity index (χ0) is 19.1. The Kier molecular flexibility index (Phi) is 7.95. The number of ether oxygens (including phenoxy) is 3. The first-order valence-corrected chi connectivity index (χ1v) is 8.24. The van der Waals surface area contributed by atoms with Crippen LogP contribution in [0.3, 0.4) is 0 Å². The Hall–Kier alpha value is -1.54. The smallest absolute Gasteiger partial charge is 0.329 e. The molecule has 1 aromatic carbocycles. The van der Waals surface area contributed by atoms with Crippen LogP contribution in [0.15, 0.2) is 18.2 Å². The Labute approximate surface area is 152 Å². The summed E-state index contributed by atoms with van der Waals surface area (Å²) < 4.78 is 16.8. The fraction of sp³-hybridized carbons (Fsp3) is 0.588. The van der Waals surface area contributed by atoms with Gasteiger partial charge in [0.1, 0.15) is 19.0 Å². The molecule has 142 valence electrons. The molecule has 0 bridgehead atoms. The van der Waals surface area contributed by atoms with Crippen molar-refractivity contribution in [3.05, 3.63) is 23.2 Å². The minimum atomic E-state index is -0.999. The number of benzene rings is 1. The number of hydrogen-bond acceptors (Lipinski definition) is 6. The van der Waals surface area contributed by atoms with Gasteiger partial charge in [0.2, 0.25) is 0 Å². The summed E-state index contributed by atoms with van der Waals surface area (Å²) in [4.78, 5) is 10.6. The maximum Gasteiger partial charge on any atom is 0.329 e. The summed E-state index contributed by atoms with van der Waals surface area (Å²) in [5.74, 6) is -0.494. The lowest BCUT2D eigenvalue weighted by Crippen LogP contribution is -2.35. The molecule has 0 atom stereocenters. The fourth-order valence-electron chi connectivity index (χ4n) is 1.91.